The molecule has 0 aliphatic rings. The highest BCUT2D eigenvalue weighted by atomic mass is 19.3. The van der Waals surface area contributed by atoms with Crippen LogP contribution in [0.3, 0.4) is 0 Å². The molecule has 0 unspecified atom stereocenters. The fraction of sp³-hybridized carbons (Fsp3) is 0.286. The van der Waals surface area contributed by atoms with Gasteiger partial charge in [-0.05, 0) is 13.0 Å². The third-order valence-corrected chi connectivity index (χ3v) is 1.35. The van der Waals surface area contributed by atoms with Crippen molar-refractivity contribution in [3.05, 3.63) is 23.5 Å². The van der Waals surface area contributed by atoms with Gasteiger partial charge >= 0.3 is 0 Å². The van der Waals surface area contributed by atoms with Crippen LogP contribution in [-0.2, 0) is 0 Å². The second-order valence-electron chi connectivity index (χ2n) is 2.17. The minimum atomic E-state index is -2.57. The third kappa shape index (κ3) is 1.63. The first-order valence-electron chi connectivity index (χ1n) is 3.05. The molecule has 1 N–H and O–H groups in total. The second kappa shape index (κ2) is 2.82. The average Bonchev–Trinajstić information content (AvgIpc) is 1.94. The summed E-state index contributed by atoms with van der Waals surface area (Å²) in [6, 6.07) is 1.02. The topological polar surface area (TPSA) is 33.1 Å². The quantitative estimate of drug-likeness (QED) is 0.680. The van der Waals surface area contributed by atoms with Crippen molar-refractivity contribution >= 4 is 0 Å². The number of rotatable bonds is 1. The van der Waals surface area contributed by atoms with Gasteiger partial charge in [0.1, 0.15) is 5.75 Å². The van der Waals surface area contributed by atoms with Gasteiger partial charge in [0.15, 0.2) is 0 Å². The highest BCUT2D eigenvalue weighted by molar-refractivity contribution is 5.28. The Hall–Kier alpha value is -1.19. The molecule has 60 valence electrons. The van der Waals surface area contributed by atoms with E-state index in [0.717, 1.165) is 12.3 Å². The van der Waals surface area contributed by atoms with E-state index in [1.165, 1.54) is 6.92 Å². The monoisotopic (exact) mass is 159 g/mol. The molecule has 1 aromatic heterocycles. The van der Waals surface area contributed by atoms with E-state index >= 15 is 0 Å². The first kappa shape index (κ1) is 7.91. The number of hydrogen-bond acceptors (Lipinski definition) is 2. The number of hydrogen-bond donors (Lipinski definition) is 1. The van der Waals surface area contributed by atoms with Crippen LogP contribution in [0.4, 0.5) is 8.78 Å². The average molecular weight is 159 g/mol. The van der Waals surface area contributed by atoms with Crippen LogP contribution in [0.25, 0.3) is 0 Å². The van der Waals surface area contributed by atoms with Crippen LogP contribution in [0.1, 0.15) is 17.7 Å². The van der Waals surface area contributed by atoms with Crippen molar-refractivity contribution in [3.8, 4) is 5.75 Å². The van der Waals surface area contributed by atoms with Crippen LogP contribution in [0.2, 0.25) is 0 Å². The van der Waals surface area contributed by atoms with E-state index in [1.54, 1.807) is 0 Å². The Bertz CT molecular complexity index is 263. The van der Waals surface area contributed by atoms with Crippen LogP contribution in [0.5, 0.6) is 5.75 Å². The Morgan fingerprint density at radius 3 is 2.64 bits per heavy atom. The van der Waals surface area contributed by atoms with E-state index in [1.807, 2.05) is 0 Å². The molecule has 11 heavy (non-hydrogen) atoms. The molecule has 0 aliphatic carbocycles. The zero-order chi connectivity index (χ0) is 8.43. The maximum atomic E-state index is 12.1. The number of aromatic nitrogens is 1. The summed E-state index contributed by atoms with van der Waals surface area (Å²) in [6.45, 7) is 1.47. The fourth-order valence-electron chi connectivity index (χ4n) is 0.759. The van der Waals surface area contributed by atoms with Gasteiger partial charge < -0.3 is 5.11 Å². The van der Waals surface area contributed by atoms with Gasteiger partial charge in [-0.15, -0.1) is 0 Å². The first-order chi connectivity index (χ1) is 5.11. The molecule has 0 bridgehead atoms. The molecule has 4 heteroatoms. The van der Waals surface area contributed by atoms with Gasteiger partial charge in [-0.2, -0.15) is 0 Å². The van der Waals surface area contributed by atoms with Crippen LogP contribution in [0, 0.1) is 6.92 Å². The van der Waals surface area contributed by atoms with Crippen LogP contribution < -0.4 is 0 Å². The first-order valence-corrected chi connectivity index (χ1v) is 3.05. The van der Waals surface area contributed by atoms with Gasteiger partial charge in [0.2, 0.25) is 0 Å². The SMILES string of the molecule is Cc1ncc(O)cc1C(F)F. The number of pyridine rings is 1. The van der Waals surface area contributed by atoms with Crippen molar-refractivity contribution in [1.82, 2.24) is 4.98 Å². The number of alkyl halides is 2. The lowest BCUT2D eigenvalue weighted by atomic mass is 10.2. The molecule has 0 spiro atoms. The normalized spacial score (nSPS) is 10.5. The van der Waals surface area contributed by atoms with Crippen molar-refractivity contribution in [2.24, 2.45) is 0 Å². The summed E-state index contributed by atoms with van der Waals surface area (Å²) < 4.78 is 24.1. The molecule has 0 fully saturated rings. The van der Waals surface area contributed by atoms with Crippen LogP contribution >= 0.6 is 0 Å². The minimum absolute atomic E-state index is 0.218. The standard InChI is InChI=1S/C7H7F2NO/c1-4-6(7(8)9)2-5(11)3-10-4/h2-3,7,11H,1H3. The Kier molecular flexibility index (Phi) is 2.03. The van der Waals surface area contributed by atoms with Crippen molar-refractivity contribution in [1.29, 1.82) is 0 Å². The van der Waals surface area contributed by atoms with Gasteiger partial charge in [0.25, 0.3) is 6.43 Å². The van der Waals surface area contributed by atoms with Crippen LogP contribution in [0.15, 0.2) is 12.3 Å². The highest BCUT2D eigenvalue weighted by Gasteiger charge is 2.11. The molecule has 2 nitrogen and oxygen atoms in total. The van der Waals surface area contributed by atoms with E-state index < -0.39 is 6.43 Å². The molecular formula is C7H7F2NO. The Morgan fingerprint density at radius 1 is 1.55 bits per heavy atom. The van der Waals surface area contributed by atoms with Crippen molar-refractivity contribution in [2.45, 2.75) is 13.3 Å². The highest BCUT2D eigenvalue weighted by Crippen LogP contribution is 2.23. The fourth-order valence-corrected chi connectivity index (χ4v) is 0.759. The zero-order valence-electron chi connectivity index (χ0n) is 5.88. The lowest BCUT2D eigenvalue weighted by Crippen LogP contribution is -1.91. The molecule has 0 radical (unpaired) electrons. The summed E-state index contributed by atoms with van der Waals surface area (Å²) in [5.41, 5.74) is 0.0304. The summed E-state index contributed by atoms with van der Waals surface area (Å²) in [7, 11) is 0. The Balaban J connectivity index is 3.13. The lowest BCUT2D eigenvalue weighted by Gasteiger charge is -2.02. The van der Waals surface area contributed by atoms with Gasteiger partial charge in [-0.1, -0.05) is 0 Å². The molecule has 1 heterocycles. The molecule has 1 rings (SSSR count). The minimum Gasteiger partial charge on any atom is -0.506 e. The van der Waals surface area contributed by atoms with E-state index in [0.29, 0.717) is 0 Å². The van der Waals surface area contributed by atoms with E-state index in [-0.39, 0.29) is 17.0 Å². The molecule has 0 aliphatic heterocycles. The predicted octanol–water partition coefficient (Wildman–Crippen LogP) is 2.03. The number of nitrogens with zero attached hydrogens (tertiary/aromatic N) is 1. The van der Waals surface area contributed by atoms with E-state index in [4.69, 9.17) is 5.11 Å². The summed E-state index contributed by atoms with van der Waals surface area (Å²) in [5, 5.41) is 8.79. The maximum absolute atomic E-state index is 12.1. The van der Waals surface area contributed by atoms with Gasteiger partial charge in [0.05, 0.1) is 6.20 Å². The zero-order valence-corrected chi connectivity index (χ0v) is 5.88. The van der Waals surface area contributed by atoms with Gasteiger partial charge in [-0.3, -0.25) is 4.98 Å². The smallest absolute Gasteiger partial charge is 0.265 e. The summed E-state index contributed by atoms with van der Waals surface area (Å²) in [4.78, 5) is 3.57. The number of aryl methyl sites for hydroxylation is 1. The maximum Gasteiger partial charge on any atom is 0.265 e. The molecule has 0 saturated carbocycles. The largest absolute Gasteiger partial charge is 0.506 e. The van der Waals surface area contributed by atoms with Gasteiger partial charge in [0, 0.05) is 11.3 Å². The lowest BCUT2D eigenvalue weighted by molar-refractivity contribution is 0.149. The Morgan fingerprint density at radius 2 is 2.18 bits per heavy atom. The summed E-state index contributed by atoms with van der Waals surface area (Å²) in [5.74, 6) is -0.231. The molecule has 1 aromatic rings. The van der Waals surface area contributed by atoms with Crippen molar-refractivity contribution in [3.63, 3.8) is 0 Å². The van der Waals surface area contributed by atoms with Gasteiger partial charge in [-0.25, -0.2) is 8.78 Å². The summed E-state index contributed by atoms with van der Waals surface area (Å²) >= 11 is 0. The van der Waals surface area contributed by atoms with E-state index in [2.05, 4.69) is 4.98 Å². The third-order valence-electron chi connectivity index (χ3n) is 1.35. The number of aromatic hydroxyl groups is 1. The number of halogens is 2. The molecule has 0 aromatic carbocycles. The molecule has 0 saturated heterocycles. The van der Waals surface area contributed by atoms with Crippen molar-refractivity contribution < 1.29 is 13.9 Å². The molecule has 0 amide bonds. The van der Waals surface area contributed by atoms with Crippen LogP contribution in [-0.4, -0.2) is 10.1 Å². The molecule has 0 atom stereocenters. The molecular weight excluding hydrogens is 152 g/mol. The predicted molar refractivity (Wildman–Crippen MR) is 35.6 cm³/mol. The second-order valence-corrected chi connectivity index (χ2v) is 2.17. The summed E-state index contributed by atoms with van der Waals surface area (Å²) in [6.07, 6.45) is -1.43. The van der Waals surface area contributed by atoms with Crippen molar-refractivity contribution in [2.75, 3.05) is 0 Å². The Labute approximate surface area is 62.5 Å². The van der Waals surface area contributed by atoms with E-state index in [9.17, 15) is 8.78 Å².